The van der Waals surface area contributed by atoms with E-state index < -0.39 is 22.4 Å². The van der Waals surface area contributed by atoms with Crippen molar-refractivity contribution in [3.63, 3.8) is 0 Å². The van der Waals surface area contributed by atoms with Crippen LogP contribution in [0.4, 0.5) is 0 Å². The van der Waals surface area contributed by atoms with Gasteiger partial charge in [0.05, 0.1) is 21.9 Å². The van der Waals surface area contributed by atoms with Crippen molar-refractivity contribution in [3.8, 4) is 11.5 Å². The van der Waals surface area contributed by atoms with Crippen molar-refractivity contribution in [1.82, 2.24) is 10.9 Å². The molecule has 0 spiro atoms. The summed E-state index contributed by atoms with van der Waals surface area (Å²) >= 11 is 1.17. The summed E-state index contributed by atoms with van der Waals surface area (Å²) in [5, 5.41) is 7.13. The van der Waals surface area contributed by atoms with Crippen LogP contribution in [-0.4, -0.2) is 45.7 Å². The molecule has 0 saturated carbocycles. The number of carbonyl (C=O) groups is 4. The molecule has 0 saturated heterocycles. The van der Waals surface area contributed by atoms with Gasteiger partial charge in [-0.25, -0.2) is 10.9 Å². The van der Waals surface area contributed by atoms with E-state index >= 15 is 0 Å². The molecule has 2 amide bonds. The van der Waals surface area contributed by atoms with Crippen LogP contribution >= 0.6 is 11.8 Å². The minimum Gasteiger partial charge on any atom is -0.427 e. The van der Waals surface area contributed by atoms with Gasteiger partial charge in [0.25, 0.3) is 11.8 Å². The molecule has 0 aliphatic carbocycles. The lowest BCUT2D eigenvalue weighted by Crippen LogP contribution is -2.33. The fourth-order valence-electron chi connectivity index (χ4n) is 2.88. The number of carbonyl (C=O) groups excluding carboxylic acids is 4. The zero-order valence-electron chi connectivity index (χ0n) is 21.5. The largest absolute Gasteiger partial charge is 0.427 e. The number of hydrogen-bond donors (Lipinski definition) is 2. The molecule has 196 valence electrons. The van der Waals surface area contributed by atoms with Crippen LogP contribution < -0.4 is 20.3 Å². The molecule has 2 aromatic rings. The highest BCUT2D eigenvalue weighted by Crippen LogP contribution is 2.18. The molecular formula is C26H30N4O6S. The zero-order valence-corrected chi connectivity index (χ0v) is 22.3. The van der Waals surface area contributed by atoms with Crippen molar-refractivity contribution in [2.24, 2.45) is 10.2 Å². The molecule has 10 nitrogen and oxygen atoms in total. The lowest BCUT2D eigenvalue weighted by atomic mass is 10.1. The second-order valence-corrected chi connectivity index (χ2v) is 9.69. The molecule has 0 radical (unpaired) electrons. The fourth-order valence-corrected chi connectivity index (χ4v) is 3.84. The van der Waals surface area contributed by atoms with Gasteiger partial charge in [0, 0.05) is 13.8 Å². The fraction of sp³-hybridized carbons (Fsp3) is 0.308. The topological polar surface area (TPSA) is 136 Å². The molecule has 0 aliphatic rings. The van der Waals surface area contributed by atoms with Crippen molar-refractivity contribution in [2.45, 2.75) is 52.0 Å². The lowest BCUT2D eigenvalue weighted by molar-refractivity contribution is -0.132. The van der Waals surface area contributed by atoms with Crippen LogP contribution in [0, 0.1) is 0 Å². The predicted octanol–water partition coefficient (Wildman–Crippen LogP) is 3.43. The van der Waals surface area contributed by atoms with Gasteiger partial charge in [-0.15, -0.1) is 11.8 Å². The van der Waals surface area contributed by atoms with E-state index in [0.29, 0.717) is 22.9 Å². The highest BCUT2D eigenvalue weighted by molar-refractivity contribution is 8.01. The number of hydrogen-bond acceptors (Lipinski definition) is 9. The van der Waals surface area contributed by atoms with Crippen LogP contribution in [0.25, 0.3) is 0 Å². The minimum absolute atomic E-state index is 0.354. The SMILES string of the molecule is CC(=O)Oc1ccc(C(C)=NNC(=O)C(C)SC(C)C(=O)N/N=C(/C)c2ccc(OC(C)=O)cc2)cc1. The maximum atomic E-state index is 12.5. The van der Waals surface area contributed by atoms with E-state index in [2.05, 4.69) is 21.1 Å². The molecule has 2 atom stereocenters. The Balaban J connectivity index is 1.86. The number of rotatable bonds is 10. The third kappa shape index (κ3) is 9.88. The number of nitrogens with one attached hydrogen (secondary N) is 2. The van der Waals surface area contributed by atoms with Gasteiger partial charge in [-0.1, -0.05) is 0 Å². The summed E-state index contributed by atoms with van der Waals surface area (Å²) in [6.45, 7) is 9.48. The summed E-state index contributed by atoms with van der Waals surface area (Å²) in [6, 6.07) is 13.5. The highest BCUT2D eigenvalue weighted by atomic mass is 32.2. The molecule has 0 fully saturated rings. The van der Waals surface area contributed by atoms with Gasteiger partial charge in [-0.05, 0) is 87.4 Å². The quantitative estimate of drug-likeness (QED) is 0.210. The second kappa shape index (κ2) is 13.9. The third-order valence-electron chi connectivity index (χ3n) is 4.88. The van der Waals surface area contributed by atoms with Crippen LogP contribution in [0.1, 0.15) is 52.7 Å². The Labute approximate surface area is 219 Å². The second-order valence-electron chi connectivity index (χ2n) is 8.00. The summed E-state index contributed by atoms with van der Waals surface area (Å²) in [4.78, 5) is 47.0. The van der Waals surface area contributed by atoms with Gasteiger partial charge < -0.3 is 9.47 Å². The highest BCUT2D eigenvalue weighted by Gasteiger charge is 2.21. The first kappa shape index (κ1) is 29.2. The van der Waals surface area contributed by atoms with Gasteiger partial charge >= 0.3 is 11.9 Å². The van der Waals surface area contributed by atoms with Crippen molar-refractivity contribution >= 4 is 46.9 Å². The Morgan fingerprint density at radius 3 is 1.27 bits per heavy atom. The minimum atomic E-state index is -0.553. The molecule has 0 heterocycles. The van der Waals surface area contributed by atoms with Crippen LogP contribution in [0.5, 0.6) is 11.5 Å². The Kier molecular flexibility index (Phi) is 11.0. The summed E-state index contributed by atoms with van der Waals surface area (Å²) in [5.41, 5.74) is 7.65. The van der Waals surface area contributed by atoms with E-state index in [1.165, 1.54) is 25.6 Å². The molecule has 2 N–H and O–H groups in total. The molecule has 37 heavy (non-hydrogen) atoms. The first-order valence-corrected chi connectivity index (χ1v) is 12.3. The number of ether oxygens (including phenoxy) is 2. The Hall–Kier alpha value is -3.99. The van der Waals surface area contributed by atoms with Crippen LogP contribution in [0.15, 0.2) is 58.7 Å². The third-order valence-corrected chi connectivity index (χ3v) is 6.13. The first-order chi connectivity index (χ1) is 17.5. The smallest absolute Gasteiger partial charge is 0.308 e. The van der Waals surface area contributed by atoms with Gasteiger partial charge in [0.15, 0.2) is 0 Å². The van der Waals surface area contributed by atoms with Crippen molar-refractivity contribution in [1.29, 1.82) is 0 Å². The van der Waals surface area contributed by atoms with Gasteiger partial charge in [0.1, 0.15) is 11.5 Å². The van der Waals surface area contributed by atoms with Crippen LogP contribution in [0.2, 0.25) is 0 Å². The van der Waals surface area contributed by atoms with E-state index in [4.69, 9.17) is 9.47 Å². The molecule has 0 aliphatic heterocycles. The van der Waals surface area contributed by atoms with Crippen LogP contribution in [-0.2, 0) is 19.2 Å². The van der Waals surface area contributed by atoms with Crippen molar-refractivity contribution in [3.05, 3.63) is 59.7 Å². The zero-order chi connectivity index (χ0) is 27.5. The number of thioether (sulfide) groups is 1. The van der Waals surface area contributed by atoms with E-state index in [0.717, 1.165) is 11.1 Å². The molecule has 2 aromatic carbocycles. The van der Waals surface area contributed by atoms with Gasteiger partial charge in [0.2, 0.25) is 0 Å². The molecular weight excluding hydrogens is 496 g/mol. The Morgan fingerprint density at radius 2 is 0.973 bits per heavy atom. The average Bonchev–Trinajstić information content (AvgIpc) is 2.85. The Morgan fingerprint density at radius 1 is 0.649 bits per heavy atom. The summed E-state index contributed by atoms with van der Waals surface area (Å²) in [6.07, 6.45) is 0. The monoisotopic (exact) mass is 526 g/mol. The van der Waals surface area contributed by atoms with E-state index in [1.807, 2.05) is 0 Å². The maximum Gasteiger partial charge on any atom is 0.308 e. The van der Waals surface area contributed by atoms with Gasteiger partial charge in [-0.2, -0.15) is 10.2 Å². The molecule has 2 rings (SSSR count). The number of hydrazone groups is 2. The molecule has 2 unspecified atom stereocenters. The maximum absolute atomic E-state index is 12.5. The van der Waals surface area contributed by atoms with E-state index in [1.54, 1.807) is 76.2 Å². The number of benzene rings is 2. The summed E-state index contributed by atoms with van der Waals surface area (Å²) in [7, 11) is 0. The standard InChI is InChI=1S/C26H30N4O6S/c1-15(21-7-11-23(12-8-21)35-19(5)31)27-29-25(33)17(3)37-18(4)26(34)30-28-16(2)22-9-13-24(14-10-22)36-20(6)32/h7-14,17-18H,1-6H3,(H,29,33)(H,30,34)/b27-15-,28-16?. The van der Waals surface area contributed by atoms with Gasteiger partial charge in [-0.3, -0.25) is 19.2 Å². The summed E-state index contributed by atoms with van der Waals surface area (Å²) in [5.74, 6) is -0.687. The van der Waals surface area contributed by atoms with E-state index in [9.17, 15) is 19.2 Å². The molecule has 0 aromatic heterocycles. The Bertz CT molecular complexity index is 1100. The van der Waals surface area contributed by atoms with E-state index in [-0.39, 0.29) is 11.8 Å². The lowest BCUT2D eigenvalue weighted by Gasteiger charge is -2.15. The predicted molar refractivity (Wildman–Crippen MR) is 143 cm³/mol. The normalized spacial score (nSPS) is 13.2. The molecule has 11 heteroatoms. The number of amides is 2. The average molecular weight is 527 g/mol. The molecule has 0 bridgehead atoms. The number of nitrogens with zero attached hydrogens (tertiary/aromatic N) is 2. The van der Waals surface area contributed by atoms with Crippen molar-refractivity contribution < 1.29 is 28.7 Å². The van der Waals surface area contributed by atoms with Crippen molar-refractivity contribution in [2.75, 3.05) is 0 Å². The number of esters is 2. The van der Waals surface area contributed by atoms with Crippen LogP contribution in [0.3, 0.4) is 0 Å². The summed E-state index contributed by atoms with van der Waals surface area (Å²) < 4.78 is 9.99. The first-order valence-electron chi connectivity index (χ1n) is 11.4.